The van der Waals surface area contributed by atoms with Crippen molar-refractivity contribution >= 4 is 33.1 Å². The lowest BCUT2D eigenvalue weighted by Gasteiger charge is -2.12. The fourth-order valence-corrected chi connectivity index (χ4v) is 4.03. The Morgan fingerprint density at radius 1 is 1.21 bits per heavy atom. The predicted octanol–water partition coefficient (Wildman–Crippen LogP) is 2.61. The molecular weight excluding hydrogens is 380 g/mol. The first-order valence-electron chi connectivity index (χ1n) is 8.57. The summed E-state index contributed by atoms with van der Waals surface area (Å²) in [5.74, 6) is 0.930. The molecular formula is C19H18N4O4S. The van der Waals surface area contributed by atoms with Crippen molar-refractivity contribution in [2.45, 2.75) is 17.9 Å². The van der Waals surface area contributed by atoms with Crippen molar-refractivity contribution in [1.82, 2.24) is 4.98 Å². The third-order valence-electron chi connectivity index (χ3n) is 4.49. The fourth-order valence-electron chi connectivity index (χ4n) is 2.97. The van der Waals surface area contributed by atoms with Gasteiger partial charge in [0.2, 0.25) is 5.91 Å². The molecule has 0 radical (unpaired) electrons. The van der Waals surface area contributed by atoms with Crippen LogP contribution in [-0.4, -0.2) is 26.4 Å². The molecule has 1 aliphatic heterocycles. The summed E-state index contributed by atoms with van der Waals surface area (Å²) in [6, 6.07) is 11.6. The number of carbonyl (C=O) groups is 1. The van der Waals surface area contributed by atoms with Crippen molar-refractivity contribution in [3.8, 4) is 0 Å². The van der Waals surface area contributed by atoms with E-state index in [9.17, 15) is 13.2 Å². The van der Waals surface area contributed by atoms with Gasteiger partial charge in [-0.1, -0.05) is 0 Å². The Balaban J connectivity index is 1.46. The van der Waals surface area contributed by atoms with Crippen LogP contribution in [0.25, 0.3) is 0 Å². The minimum atomic E-state index is -3.81. The van der Waals surface area contributed by atoms with Crippen molar-refractivity contribution in [2.24, 2.45) is 0 Å². The van der Waals surface area contributed by atoms with Gasteiger partial charge < -0.3 is 14.6 Å². The van der Waals surface area contributed by atoms with Crippen molar-refractivity contribution in [3.63, 3.8) is 0 Å². The number of amides is 1. The SMILES string of the molecule is CN1C(=O)Cc2cc(S(=O)(=O)Nc3ccc(NCc4ccco4)cn3)ccc21. The van der Waals surface area contributed by atoms with Crippen LogP contribution in [0, 0.1) is 0 Å². The number of pyridine rings is 1. The summed E-state index contributed by atoms with van der Waals surface area (Å²) in [5.41, 5.74) is 2.16. The molecule has 0 saturated carbocycles. The first-order chi connectivity index (χ1) is 13.4. The van der Waals surface area contributed by atoms with Crippen LogP contribution in [0.5, 0.6) is 0 Å². The lowest BCUT2D eigenvalue weighted by atomic mass is 10.2. The van der Waals surface area contributed by atoms with Gasteiger partial charge in [0.05, 0.1) is 36.0 Å². The molecule has 2 aromatic heterocycles. The monoisotopic (exact) mass is 398 g/mol. The zero-order valence-corrected chi connectivity index (χ0v) is 15.9. The molecule has 9 heteroatoms. The summed E-state index contributed by atoms with van der Waals surface area (Å²) in [5, 5.41) is 3.14. The van der Waals surface area contributed by atoms with Gasteiger partial charge in [-0.25, -0.2) is 13.4 Å². The van der Waals surface area contributed by atoms with E-state index in [0.29, 0.717) is 12.1 Å². The number of sulfonamides is 1. The molecule has 1 aliphatic rings. The molecule has 1 aromatic carbocycles. The predicted molar refractivity (Wildman–Crippen MR) is 105 cm³/mol. The summed E-state index contributed by atoms with van der Waals surface area (Å²) in [6.07, 6.45) is 3.33. The van der Waals surface area contributed by atoms with E-state index in [0.717, 1.165) is 17.1 Å². The Morgan fingerprint density at radius 2 is 2.07 bits per heavy atom. The molecule has 0 bridgehead atoms. The number of carbonyl (C=O) groups excluding carboxylic acids is 1. The van der Waals surface area contributed by atoms with Gasteiger partial charge in [-0.2, -0.15) is 0 Å². The van der Waals surface area contributed by atoms with E-state index in [1.807, 2.05) is 6.07 Å². The summed E-state index contributed by atoms with van der Waals surface area (Å²) >= 11 is 0. The van der Waals surface area contributed by atoms with E-state index in [1.54, 1.807) is 37.6 Å². The Bertz CT molecular complexity index is 1110. The quantitative estimate of drug-likeness (QED) is 0.661. The molecule has 8 nitrogen and oxygen atoms in total. The minimum Gasteiger partial charge on any atom is -0.467 e. The Kier molecular flexibility index (Phi) is 4.52. The number of nitrogens with one attached hydrogen (secondary N) is 2. The summed E-state index contributed by atoms with van der Waals surface area (Å²) in [7, 11) is -2.14. The molecule has 0 saturated heterocycles. The number of anilines is 3. The molecule has 144 valence electrons. The molecule has 3 aromatic rings. The third-order valence-corrected chi connectivity index (χ3v) is 5.84. The number of furan rings is 1. The average Bonchev–Trinajstić information content (AvgIpc) is 3.29. The second-order valence-electron chi connectivity index (χ2n) is 6.39. The van der Waals surface area contributed by atoms with Crippen LogP contribution in [0.4, 0.5) is 17.2 Å². The van der Waals surface area contributed by atoms with E-state index in [4.69, 9.17) is 4.42 Å². The molecule has 0 spiro atoms. The van der Waals surface area contributed by atoms with Crippen LogP contribution in [0.15, 0.2) is 64.2 Å². The smallest absolute Gasteiger partial charge is 0.263 e. The van der Waals surface area contributed by atoms with E-state index in [2.05, 4.69) is 15.0 Å². The van der Waals surface area contributed by atoms with Gasteiger partial charge in [-0.05, 0) is 48.0 Å². The normalized spacial score (nSPS) is 13.5. The lowest BCUT2D eigenvalue weighted by molar-refractivity contribution is -0.117. The molecule has 4 rings (SSSR count). The lowest BCUT2D eigenvalue weighted by Crippen LogP contribution is -2.20. The third kappa shape index (κ3) is 3.56. The molecule has 0 atom stereocenters. The number of hydrogen-bond donors (Lipinski definition) is 2. The molecule has 28 heavy (non-hydrogen) atoms. The molecule has 0 fully saturated rings. The maximum atomic E-state index is 12.7. The first-order valence-corrected chi connectivity index (χ1v) is 10.1. The summed E-state index contributed by atoms with van der Waals surface area (Å²) in [6.45, 7) is 0.502. The van der Waals surface area contributed by atoms with Gasteiger partial charge in [0, 0.05) is 12.7 Å². The van der Waals surface area contributed by atoms with Crippen molar-refractivity contribution in [2.75, 3.05) is 22.0 Å². The number of fused-ring (bicyclic) bond motifs is 1. The van der Waals surface area contributed by atoms with Crippen LogP contribution < -0.4 is 14.9 Å². The molecule has 1 amide bonds. The van der Waals surface area contributed by atoms with Crippen molar-refractivity contribution < 1.29 is 17.6 Å². The Morgan fingerprint density at radius 3 is 2.79 bits per heavy atom. The van der Waals surface area contributed by atoms with Gasteiger partial charge in [0.25, 0.3) is 10.0 Å². The van der Waals surface area contributed by atoms with Crippen LogP contribution in [-0.2, 0) is 27.8 Å². The van der Waals surface area contributed by atoms with Gasteiger partial charge in [-0.3, -0.25) is 9.52 Å². The molecule has 0 aliphatic carbocycles. The molecule has 3 heterocycles. The fraction of sp³-hybridized carbons (Fsp3) is 0.158. The van der Waals surface area contributed by atoms with Gasteiger partial charge in [0.15, 0.2) is 0 Å². The van der Waals surface area contributed by atoms with E-state index in [-0.39, 0.29) is 23.0 Å². The van der Waals surface area contributed by atoms with E-state index < -0.39 is 10.0 Å². The first kappa shape index (κ1) is 18.1. The molecule has 2 N–H and O–H groups in total. The zero-order chi connectivity index (χ0) is 19.7. The summed E-state index contributed by atoms with van der Waals surface area (Å²) < 4.78 is 33.0. The van der Waals surface area contributed by atoms with Gasteiger partial charge in [-0.15, -0.1) is 0 Å². The Labute approximate surface area is 162 Å². The molecule has 0 unspecified atom stereocenters. The van der Waals surface area contributed by atoms with Gasteiger partial charge >= 0.3 is 0 Å². The van der Waals surface area contributed by atoms with Crippen LogP contribution in [0.2, 0.25) is 0 Å². The number of nitrogens with zero attached hydrogens (tertiary/aromatic N) is 2. The highest BCUT2D eigenvalue weighted by Gasteiger charge is 2.26. The van der Waals surface area contributed by atoms with Crippen LogP contribution in [0.1, 0.15) is 11.3 Å². The number of benzene rings is 1. The number of rotatable bonds is 6. The largest absolute Gasteiger partial charge is 0.467 e. The highest BCUT2D eigenvalue weighted by Crippen LogP contribution is 2.30. The topological polar surface area (TPSA) is 105 Å². The van der Waals surface area contributed by atoms with Gasteiger partial charge in [0.1, 0.15) is 11.6 Å². The van der Waals surface area contributed by atoms with Crippen LogP contribution >= 0.6 is 0 Å². The van der Waals surface area contributed by atoms with Crippen molar-refractivity contribution in [1.29, 1.82) is 0 Å². The zero-order valence-electron chi connectivity index (χ0n) is 15.0. The number of likely N-dealkylation sites (N-methyl/N-ethyl adjacent to an activating group) is 1. The van der Waals surface area contributed by atoms with Crippen molar-refractivity contribution in [3.05, 3.63) is 66.2 Å². The highest BCUT2D eigenvalue weighted by atomic mass is 32.2. The maximum absolute atomic E-state index is 12.7. The van der Waals surface area contributed by atoms with E-state index in [1.165, 1.54) is 23.2 Å². The standard InChI is InChI=1S/C19H18N4O4S/c1-23-17-6-5-16(9-13(17)10-19(23)24)28(25,26)22-18-7-4-14(11-21-18)20-12-15-3-2-8-27-15/h2-9,11,20H,10,12H2,1H3,(H,21,22). The average molecular weight is 398 g/mol. The Hall–Kier alpha value is -3.33. The highest BCUT2D eigenvalue weighted by molar-refractivity contribution is 7.92. The van der Waals surface area contributed by atoms with E-state index >= 15 is 0 Å². The second-order valence-corrected chi connectivity index (χ2v) is 8.07. The second kappa shape index (κ2) is 7.01. The minimum absolute atomic E-state index is 0.0585. The number of aromatic nitrogens is 1. The maximum Gasteiger partial charge on any atom is 0.263 e. The summed E-state index contributed by atoms with van der Waals surface area (Å²) in [4.78, 5) is 17.5. The van der Waals surface area contributed by atoms with Crippen LogP contribution in [0.3, 0.4) is 0 Å². The number of hydrogen-bond acceptors (Lipinski definition) is 6.